The lowest BCUT2D eigenvalue weighted by molar-refractivity contribution is -0.123. The molecule has 1 aromatic rings. The molecule has 0 aliphatic carbocycles. The van der Waals surface area contributed by atoms with E-state index >= 15 is 0 Å². The quantitative estimate of drug-likeness (QED) is 0.634. The first kappa shape index (κ1) is 22.5. The summed E-state index contributed by atoms with van der Waals surface area (Å²) in [5, 5.41) is 5.86. The summed E-state index contributed by atoms with van der Waals surface area (Å²) in [5.41, 5.74) is 6.92. The van der Waals surface area contributed by atoms with Crippen LogP contribution in [0.5, 0.6) is 5.75 Å². The third-order valence-corrected chi connectivity index (χ3v) is 3.50. The highest BCUT2D eigenvalue weighted by Crippen LogP contribution is 2.30. The molecule has 0 radical (unpaired) electrons. The van der Waals surface area contributed by atoms with E-state index in [1.54, 1.807) is 12.1 Å². The second kappa shape index (κ2) is 11.1. The number of hydrogen-bond donors (Lipinski definition) is 3. The molecule has 0 aliphatic heterocycles. The number of rotatable bonds is 8. The molecule has 0 saturated carbocycles. The summed E-state index contributed by atoms with van der Waals surface area (Å²) in [5.74, 6) is -0.148. The van der Waals surface area contributed by atoms with E-state index in [4.69, 9.17) is 26.8 Å². The second-order valence-corrected chi connectivity index (χ2v) is 5.36. The molecule has 0 aliphatic rings. The highest BCUT2D eigenvalue weighted by Gasteiger charge is 2.14. The Morgan fingerprint density at radius 2 is 2.00 bits per heavy atom. The molecular formula is C15H23Cl2N3O4. The van der Waals surface area contributed by atoms with Crippen molar-refractivity contribution < 1.29 is 19.1 Å². The number of carbonyl (C=O) groups excluding carboxylic acids is 2. The van der Waals surface area contributed by atoms with Crippen molar-refractivity contribution in [2.24, 2.45) is 5.73 Å². The van der Waals surface area contributed by atoms with Gasteiger partial charge in [0, 0.05) is 31.2 Å². The molecule has 0 saturated heterocycles. The van der Waals surface area contributed by atoms with Gasteiger partial charge in [-0.2, -0.15) is 0 Å². The standard InChI is InChI=1S/C15H22ClN3O4.ClH/c1-9-6-12(13(23-3)7-10(9)16)19-14(20)4-5-18-15(21)11(17)8-22-2;/h6-7,11H,4-5,8,17H2,1-3H3,(H,18,21)(H,19,20);1H. The molecule has 1 rings (SSSR count). The predicted octanol–water partition coefficient (Wildman–Crippen LogP) is 1.50. The number of anilines is 1. The lowest BCUT2D eigenvalue weighted by Crippen LogP contribution is -2.44. The Bertz CT molecular complexity index is 570. The van der Waals surface area contributed by atoms with Gasteiger partial charge < -0.3 is 25.8 Å². The van der Waals surface area contributed by atoms with Gasteiger partial charge in [0.25, 0.3) is 0 Å². The molecule has 9 heteroatoms. The third-order valence-electron chi connectivity index (χ3n) is 3.09. The fourth-order valence-corrected chi connectivity index (χ4v) is 1.98. The molecule has 24 heavy (non-hydrogen) atoms. The Labute approximate surface area is 152 Å². The topological polar surface area (TPSA) is 103 Å². The summed E-state index contributed by atoms with van der Waals surface area (Å²) >= 11 is 6.01. The zero-order chi connectivity index (χ0) is 17.4. The van der Waals surface area contributed by atoms with Crippen molar-refractivity contribution in [3.8, 4) is 5.75 Å². The van der Waals surface area contributed by atoms with Gasteiger partial charge in [-0.1, -0.05) is 11.6 Å². The SMILES string of the molecule is COCC(N)C(=O)NCCC(=O)Nc1cc(C)c(Cl)cc1OC.Cl. The average Bonchev–Trinajstić information content (AvgIpc) is 2.50. The molecule has 1 unspecified atom stereocenters. The van der Waals surface area contributed by atoms with Crippen LogP contribution in [0.15, 0.2) is 12.1 Å². The summed E-state index contributed by atoms with van der Waals surface area (Å²) in [7, 11) is 2.95. The lowest BCUT2D eigenvalue weighted by Gasteiger charge is -2.13. The van der Waals surface area contributed by atoms with Crippen LogP contribution < -0.4 is 21.1 Å². The maximum absolute atomic E-state index is 11.9. The first-order valence-electron chi connectivity index (χ1n) is 7.05. The van der Waals surface area contributed by atoms with Crippen molar-refractivity contribution in [1.29, 1.82) is 0 Å². The molecule has 1 atom stereocenters. The van der Waals surface area contributed by atoms with Crippen LogP contribution in [0, 0.1) is 6.92 Å². The smallest absolute Gasteiger partial charge is 0.239 e. The first-order chi connectivity index (χ1) is 10.9. The van der Waals surface area contributed by atoms with Crippen LogP contribution in [0.2, 0.25) is 5.02 Å². The van der Waals surface area contributed by atoms with E-state index in [9.17, 15) is 9.59 Å². The molecule has 0 spiro atoms. The Hall–Kier alpha value is -1.54. The van der Waals surface area contributed by atoms with E-state index in [1.165, 1.54) is 14.2 Å². The fraction of sp³-hybridized carbons (Fsp3) is 0.467. The molecule has 0 fully saturated rings. The van der Waals surface area contributed by atoms with E-state index in [2.05, 4.69) is 10.6 Å². The van der Waals surface area contributed by atoms with Crippen molar-refractivity contribution in [3.05, 3.63) is 22.7 Å². The third kappa shape index (κ3) is 6.92. The number of nitrogens with one attached hydrogen (secondary N) is 2. The Kier molecular flexibility index (Phi) is 10.4. The summed E-state index contributed by atoms with van der Waals surface area (Å²) in [4.78, 5) is 23.5. The zero-order valence-corrected chi connectivity index (χ0v) is 15.4. The largest absolute Gasteiger partial charge is 0.495 e. The number of carbonyl (C=O) groups is 2. The Balaban J connectivity index is 0.00000529. The van der Waals surface area contributed by atoms with E-state index in [1.807, 2.05) is 6.92 Å². The number of aryl methyl sites for hydroxylation is 1. The van der Waals surface area contributed by atoms with Crippen molar-refractivity contribution >= 4 is 41.5 Å². The molecule has 0 heterocycles. The van der Waals surface area contributed by atoms with Crippen molar-refractivity contribution in [2.75, 3.05) is 32.7 Å². The average molecular weight is 380 g/mol. The molecule has 7 nitrogen and oxygen atoms in total. The fourth-order valence-electron chi connectivity index (χ4n) is 1.83. The van der Waals surface area contributed by atoms with E-state index in [-0.39, 0.29) is 43.8 Å². The molecule has 0 aromatic heterocycles. The zero-order valence-electron chi connectivity index (χ0n) is 13.8. The number of nitrogens with two attached hydrogens (primary N) is 1. The van der Waals surface area contributed by atoms with Gasteiger partial charge in [-0.3, -0.25) is 9.59 Å². The Morgan fingerprint density at radius 1 is 1.33 bits per heavy atom. The first-order valence-corrected chi connectivity index (χ1v) is 7.43. The van der Waals surface area contributed by atoms with Gasteiger partial charge >= 0.3 is 0 Å². The van der Waals surface area contributed by atoms with Crippen molar-refractivity contribution in [2.45, 2.75) is 19.4 Å². The molecule has 4 N–H and O–H groups in total. The maximum atomic E-state index is 11.9. The highest BCUT2D eigenvalue weighted by atomic mass is 35.5. The van der Waals surface area contributed by atoms with Crippen LogP contribution in [0.3, 0.4) is 0 Å². The van der Waals surface area contributed by atoms with E-state index in [0.717, 1.165) is 5.56 Å². The van der Waals surface area contributed by atoms with Crippen LogP contribution in [-0.2, 0) is 14.3 Å². The minimum absolute atomic E-state index is 0. The van der Waals surface area contributed by atoms with Gasteiger partial charge in [0.05, 0.1) is 19.4 Å². The van der Waals surface area contributed by atoms with Crippen LogP contribution in [0.1, 0.15) is 12.0 Å². The van der Waals surface area contributed by atoms with Crippen molar-refractivity contribution in [3.63, 3.8) is 0 Å². The number of methoxy groups -OCH3 is 2. The van der Waals surface area contributed by atoms with Gasteiger partial charge in [0.2, 0.25) is 11.8 Å². The molecule has 2 amide bonds. The monoisotopic (exact) mass is 379 g/mol. The van der Waals surface area contributed by atoms with Gasteiger partial charge in [-0.05, 0) is 18.6 Å². The van der Waals surface area contributed by atoms with E-state index < -0.39 is 6.04 Å². The molecular weight excluding hydrogens is 357 g/mol. The number of halogens is 2. The van der Waals surface area contributed by atoms with E-state index in [0.29, 0.717) is 16.5 Å². The van der Waals surface area contributed by atoms with Crippen molar-refractivity contribution in [1.82, 2.24) is 5.32 Å². The predicted molar refractivity (Wildman–Crippen MR) is 96.1 cm³/mol. The van der Waals surface area contributed by atoms with Gasteiger partial charge in [-0.15, -0.1) is 12.4 Å². The minimum Gasteiger partial charge on any atom is -0.495 e. The van der Waals surface area contributed by atoms with Crippen LogP contribution >= 0.6 is 24.0 Å². The van der Waals surface area contributed by atoms with Crippen LogP contribution in [0.4, 0.5) is 5.69 Å². The van der Waals surface area contributed by atoms with Crippen LogP contribution in [0.25, 0.3) is 0 Å². The lowest BCUT2D eigenvalue weighted by atomic mass is 10.2. The van der Waals surface area contributed by atoms with Gasteiger partial charge in [-0.25, -0.2) is 0 Å². The summed E-state index contributed by atoms with van der Waals surface area (Å²) < 4.78 is 9.97. The number of ether oxygens (including phenoxy) is 2. The normalized spacial score (nSPS) is 11.2. The maximum Gasteiger partial charge on any atom is 0.239 e. The summed E-state index contributed by atoms with van der Waals surface area (Å²) in [6.45, 7) is 2.13. The highest BCUT2D eigenvalue weighted by molar-refractivity contribution is 6.31. The number of amides is 2. The second-order valence-electron chi connectivity index (χ2n) is 4.95. The molecule has 136 valence electrons. The number of benzene rings is 1. The summed E-state index contributed by atoms with van der Waals surface area (Å²) in [6.07, 6.45) is 0.107. The number of hydrogen-bond acceptors (Lipinski definition) is 5. The molecule has 1 aromatic carbocycles. The molecule has 0 bridgehead atoms. The Morgan fingerprint density at radius 3 is 2.58 bits per heavy atom. The minimum atomic E-state index is -0.748. The van der Waals surface area contributed by atoms with Crippen LogP contribution in [-0.4, -0.2) is 45.2 Å². The summed E-state index contributed by atoms with van der Waals surface area (Å²) in [6, 6.07) is 2.62. The van der Waals surface area contributed by atoms with Gasteiger partial charge in [0.15, 0.2) is 0 Å². The van der Waals surface area contributed by atoms with Gasteiger partial charge in [0.1, 0.15) is 11.8 Å².